The van der Waals surface area contributed by atoms with Gasteiger partial charge in [-0.3, -0.25) is 0 Å². The SMILES string of the molecule is CCOc1ccc(Nc2nccc(Nc3cccc(C(=O)OC)c3)n2)cc1. The van der Waals surface area contributed by atoms with Crippen molar-refractivity contribution < 1.29 is 14.3 Å². The highest BCUT2D eigenvalue weighted by atomic mass is 16.5. The van der Waals surface area contributed by atoms with E-state index in [2.05, 4.69) is 20.6 Å². The van der Waals surface area contributed by atoms with Gasteiger partial charge >= 0.3 is 5.97 Å². The van der Waals surface area contributed by atoms with Crippen LogP contribution in [0.1, 0.15) is 17.3 Å². The van der Waals surface area contributed by atoms with Gasteiger partial charge in [0, 0.05) is 17.6 Å². The smallest absolute Gasteiger partial charge is 0.337 e. The zero-order valence-corrected chi connectivity index (χ0v) is 15.1. The van der Waals surface area contributed by atoms with E-state index in [0.717, 1.165) is 17.1 Å². The van der Waals surface area contributed by atoms with Gasteiger partial charge in [-0.1, -0.05) is 6.07 Å². The van der Waals surface area contributed by atoms with Crippen molar-refractivity contribution in [1.82, 2.24) is 9.97 Å². The fourth-order valence-electron chi connectivity index (χ4n) is 2.41. The minimum Gasteiger partial charge on any atom is -0.494 e. The summed E-state index contributed by atoms with van der Waals surface area (Å²) >= 11 is 0. The van der Waals surface area contributed by atoms with Crippen LogP contribution in [0.15, 0.2) is 60.8 Å². The van der Waals surface area contributed by atoms with Crippen LogP contribution < -0.4 is 15.4 Å². The number of rotatable bonds is 7. The van der Waals surface area contributed by atoms with Crippen molar-refractivity contribution in [2.24, 2.45) is 0 Å². The van der Waals surface area contributed by atoms with Gasteiger partial charge in [0.15, 0.2) is 0 Å². The number of hydrogen-bond acceptors (Lipinski definition) is 7. The maximum Gasteiger partial charge on any atom is 0.337 e. The highest BCUT2D eigenvalue weighted by molar-refractivity contribution is 5.90. The normalized spacial score (nSPS) is 10.1. The molecule has 7 heteroatoms. The second-order valence-corrected chi connectivity index (χ2v) is 5.55. The van der Waals surface area contributed by atoms with Crippen LogP contribution in [-0.2, 0) is 4.74 Å². The Kier molecular flexibility index (Phi) is 5.84. The van der Waals surface area contributed by atoms with E-state index in [4.69, 9.17) is 9.47 Å². The number of aromatic nitrogens is 2. The van der Waals surface area contributed by atoms with E-state index in [1.54, 1.807) is 30.5 Å². The third kappa shape index (κ3) is 4.94. The van der Waals surface area contributed by atoms with Crippen LogP contribution >= 0.6 is 0 Å². The minimum atomic E-state index is -0.390. The first kappa shape index (κ1) is 18.2. The summed E-state index contributed by atoms with van der Waals surface area (Å²) in [5.41, 5.74) is 2.04. The largest absolute Gasteiger partial charge is 0.494 e. The summed E-state index contributed by atoms with van der Waals surface area (Å²) in [5.74, 6) is 1.47. The Morgan fingerprint density at radius 3 is 2.59 bits per heavy atom. The fraction of sp³-hybridized carbons (Fsp3) is 0.150. The summed E-state index contributed by atoms with van der Waals surface area (Å²) in [5, 5.41) is 6.30. The van der Waals surface area contributed by atoms with Crippen LogP contribution in [0.5, 0.6) is 5.75 Å². The van der Waals surface area contributed by atoms with Crippen LogP contribution in [0.2, 0.25) is 0 Å². The maximum absolute atomic E-state index is 11.6. The average Bonchev–Trinajstić information content (AvgIpc) is 2.69. The Labute approximate surface area is 157 Å². The van der Waals surface area contributed by atoms with E-state index in [-0.39, 0.29) is 5.97 Å². The summed E-state index contributed by atoms with van der Waals surface area (Å²) in [4.78, 5) is 20.3. The van der Waals surface area contributed by atoms with E-state index in [0.29, 0.717) is 23.9 Å². The summed E-state index contributed by atoms with van der Waals surface area (Å²) in [7, 11) is 1.35. The highest BCUT2D eigenvalue weighted by Crippen LogP contribution is 2.20. The molecule has 0 amide bonds. The molecule has 138 valence electrons. The molecule has 0 aliphatic heterocycles. The number of hydrogen-bond donors (Lipinski definition) is 2. The Morgan fingerprint density at radius 2 is 1.85 bits per heavy atom. The van der Waals surface area contributed by atoms with Crippen LogP contribution in [0.3, 0.4) is 0 Å². The Balaban J connectivity index is 1.71. The summed E-state index contributed by atoms with van der Waals surface area (Å²) in [6, 6.07) is 16.3. The molecule has 0 fully saturated rings. The van der Waals surface area contributed by atoms with Gasteiger partial charge in [-0.15, -0.1) is 0 Å². The van der Waals surface area contributed by atoms with Gasteiger partial charge in [0.25, 0.3) is 0 Å². The van der Waals surface area contributed by atoms with Crippen molar-refractivity contribution in [1.29, 1.82) is 0 Å². The van der Waals surface area contributed by atoms with Crippen LogP contribution in [-0.4, -0.2) is 29.7 Å². The summed E-state index contributed by atoms with van der Waals surface area (Å²) < 4.78 is 10.2. The van der Waals surface area contributed by atoms with Crippen molar-refractivity contribution in [2.45, 2.75) is 6.92 Å². The molecule has 3 aromatic rings. The molecule has 2 aromatic carbocycles. The first-order valence-electron chi connectivity index (χ1n) is 8.46. The fourth-order valence-corrected chi connectivity index (χ4v) is 2.41. The number of methoxy groups -OCH3 is 1. The third-order valence-electron chi connectivity index (χ3n) is 3.63. The molecule has 0 aliphatic rings. The molecule has 0 unspecified atom stereocenters. The van der Waals surface area contributed by atoms with E-state index >= 15 is 0 Å². The van der Waals surface area contributed by atoms with Crippen molar-refractivity contribution in [3.8, 4) is 5.75 Å². The first-order valence-corrected chi connectivity index (χ1v) is 8.46. The number of carbonyl (C=O) groups excluding carboxylic acids is 1. The molecule has 0 spiro atoms. The van der Waals surface area contributed by atoms with E-state index in [9.17, 15) is 4.79 Å². The van der Waals surface area contributed by atoms with Gasteiger partial charge in [-0.05, 0) is 55.5 Å². The molecule has 0 aliphatic carbocycles. The lowest BCUT2D eigenvalue weighted by Crippen LogP contribution is -2.03. The lowest BCUT2D eigenvalue weighted by molar-refractivity contribution is 0.0601. The molecule has 7 nitrogen and oxygen atoms in total. The second-order valence-electron chi connectivity index (χ2n) is 5.55. The molecule has 0 saturated carbocycles. The van der Waals surface area contributed by atoms with Gasteiger partial charge in [0.1, 0.15) is 11.6 Å². The third-order valence-corrected chi connectivity index (χ3v) is 3.63. The number of anilines is 4. The monoisotopic (exact) mass is 364 g/mol. The predicted molar refractivity (Wildman–Crippen MR) is 104 cm³/mol. The van der Waals surface area contributed by atoms with Crippen molar-refractivity contribution >= 4 is 29.1 Å². The molecule has 0 atom stereocenters. The predicted octanol–water partition coefficient (Wildman–Crippen LogP) is 4.15. The molecule has 0 radical (unpaired) electrons. The van der Waals surface area contributed by atoms with E-state index in [1.807, 2.05) is 37.3 Å². The topological polar surface area (TPSA) is 85.4 Å². The highest BCUT2D eigenvalue weighted by Gasteiger charge is 2.07. The number of ether oxygens (including phenoxy) is 2. The lowest BCUT2D eigenvalue weighted by atomic mass is 10.2. The number of benzene rings is 2. The molecular weight excluding hydrogens is 344 g/mol. The van der Waals surface area contributed by atoms with Gasteiger partial charge in [0.05, 0.1) is 19.3 Å². The molecule has 3 rings (SSSR count). The maximum atomic E-state index is 11.6. The molecule has 0 bridgehead atoms. The van der Waals surface area contributed by atoms with Crippen LogP contribution in [0, 0.1) is 0 Å². The number of nitrogens with zero attached hydrogens (tertiary/aromatic N) is 2. The molecule has 27 heavy (non-hydrogen) atoms. The standard InChI is InChI=1S/C20H20N4O3/c1-3-27-17-9-7-15(8-10-17)23-20-21-12-11-18(24-20)22-16-6-4-5-14(13-16)19(25)26-2/h4-13H,3H2,1-2H3,(H2,21,22,23,24). The zero-order chi connectivity index (χ0) is 19.1. The molecule has 0 saturated heterocycles. The summed E-state index contributed by atoms with van der Waals surface area (Å²) in [6.45, 7) is 2.57. The average molecular weight is 364 g/mol. The molecular formula is C20H20N4O3. The lowest BCUT2D eigenvalue weighted by Gasteiger charge is -2.10. The summed E-state index contributed by atoms with van der Waals surface area (Å²) in [6.07, 6.45) is 1.65. The molecule has 1 heterocycles. The molecule has 1 aromatic heterocycles. The number of carbonyl (C=O) groups is 1. The van der Waals surface area contributed by atoms with Crippen molar-refractivity contribution in [3.63, 3.8) is 0 Å². The van der Waals surface area contributed by atoms with E-state index in [1.165, 1.54) is 7.11 Å². The van der Waals surface area contributed by atoms with Gasteiger partial charge in [-0.2, -0.15) is 4.98 Å². The van der Waals surface area contributed by atoms with Crippen LogP contribution in [0.25, 0.3) is 0 Å². The van der Waals surface area contributed by atoms with Gasteiger partial charge in [0.2, 0.25) is 5.95 Å². The quantitative estimate of drug-likeness (QED) is 0.609. The first-order chi connectivity index (χ1) is 13.2. The Bertz CT molecular complexity index is 913. The van der Waals surface area contributed by atoms with Crippen molar-refractivity contribution in [2.75, 3.05) is 24.4 Å². The van der Waals surface area contributed by atoms with Crippen LogP contribution in [0.4, 0.5) is 23.1 Å². The number of esters is 1. The van der Waals surface area contributed by atoms with Gasteiger partial charge in [-0.25, -0.2) is 9.78 Å². The number of nitrogens with one attached hydrogen (secondary N) is 2. The zero-order valence-electron chi connectivity index (χ0n) is 15.1. The van der Waals surface area contributed by atoms with Crippen molar-refractivity contribution in [3.05, 3.63) is 66.4 Å². The second kappa shape index (κ2) is 8.66. The van der Waals surface area contributed by atoms with Gasteiger partial charge < -0.3 is 20.1 Å². The minimum absolute atomic E-state index is 0.390. The Morgan fingerprint density at radius 1 is 1.04 bits per heavy atom. The van der Waals surface area contributed by atoms with E-state index < -0.39 is 0 Å². The molecule has 2 N–H and O–H groups in total. The Hall–Kier alpha value is -3.61.